The van der Waals surface area contributed by atoms with E-state index in [9.17, 15) is 4.79 Å². The van der Waals surface area contributed by atoms with E-state index in [1.807, 2.05) is 48.5 Å². The maximum absolute atomic E-state index is 12.3. The summed E-state index contributed by atoms with van der Waals surface area (Å²) in [5.74, 6) is -0.191. The van der Waals surface area contributed by atoms with Crippen molar-refractivity contribution >= 4 is 5.91 Å². The number of hydrogen-bond acceptors (Lipinski definition) is 3. The van der Waals surface area contributed by atoms with Crippen molar-refractivity contribution in [2.75, 3.05) is 0 Å². The second-order valence-corrected chi connectivity index (χ2v) is 4.58. The number of rotatable bonds is 4. The molecule has 3 rings (SSSR count). The Bertz CT molecular complexity index is 655. The predicted octanol–water partition coefficient (Wildman–Crippen LogP) is 3.19. The van der Waals surface area contributed by atoms with Crippen LogP contribution in [0.4, 0.5) is 0 Å². The Morgan fingerprint density at radius 3 is 2.52 bits per heavy atom. The van der Waals surface area contributed by atoms with Crippen LogP contribution < -0.4 is 5.32 Å². The molecule has 1 aromatic carbocycles. The standard InChI is InChI=1S/C17H14N2O2/c20-17(14-9-11-21-12-14)19-16(13-6-2-1-3-7-13)15-8-4-5-10-18-15/h1-12,16H,(H,19,20)/t16-/m0/s1. The van der Waals surface area contributed by atoms with Gasteiger partial charge in [0.2, 0.25) is 0 Å². The van der Waals surface area contributed by atoms with Crippen LogP contribution in [-0.2, 0) is 0 Å². The minimum Gasteiger partial charge on any atom is -0.472 e. The number of hydrogen-bond donors (Lipinski definition) is 1. The molecule has 0 radical (unpaired) electrons. The van der Waals surface area contributed by atoms with Crippen LogP contribution in [0, 0.1) is 0 Å². The molecule has 104 valence electrons. The number of carbonyl (C=O) groups is 1. The van der Waals surface area contributed by atoms with Crippen molar-refractivity contribution < 1.29 is 9.21 Å². The Morgan fingerprint density at radius 2 is 1.86 bits per heavy atom. The summed E-state index contributed by atoms with van der Waals surface area (Å²) in [5.41, 5.74) is 2.26. The normalized spacial score (nSPS) is 11.8. The van der Waals surface area contributed by atoms with Crippen LogP contribution in [0.25, 0.3) is 0 Å². The van der Waals surface area contributed by atoms with Gasteiger partial charge in [-0.1, -0.05) is 36.4 Å². The zero-order chi connectivity index (χ0) is 14.5. The monoisotopic (exact) mass is 278 g/mol. The number of pyridine rings is 1. The van der Waals surface area contributed by atoms with Gasteiger partial charge >= 0.3 is 0 Å². The lowest BCUT2D eigenvalue weighted by atomic mass is 10.0. The van der Waals surface area contributed by atoms with E-state index in [4.69, 9.17) is 4.42 Å². The largest absolute Gasteiger partial charge is 0.472 e. The van der Waals surface area contributed by atoms with E-state index in [1.165, 1.54) is 12.5 Å². The van der Waals surface area contributed by atoms with E-state index in [1.54, 1.807) is 12.3 Å². The first-order valence-electron chi connectivity index (χ1n) is 6.63. The fourth-order valence-electron chi connectivity index (χ4n) is 2.13. The molecule has 0 fully saturated rings. The van der Waals surface area contributed by atoms with E-state index >= 15 is 0 Å². The van der Waals surface area contributed by atoms with Crippen molar-refractivity contribution in [3.8, 4) is 0 Å². The van der Waals surface area contributed by atoms with Crippen molar-refractivity contribution in [3.63, 3.8) is 0 Å². The van der Waals surface area contributed by atoms with Crippen LogP contribution in [0.3, 0.4) is 0 Å². The number of nitrogens with one attached hydrogen (secondary N) is 1. The van der Waals surface area contributed by atoms with Gasteiger partial charge in [-0.3, -0.25) is 9.78 Å². The Labute approximate surface area is 122 Å². The topological polar surface area (TPSA) is 55.1 Å². The Morgan fingerprint density at radius 1 is 1.05 bits per heavy atom. The summed E-state index contributed by atoms with van der Waals surface area (Å²) in [6, 6.07) is 16.7. The third-order valence-corrected chi connectivity index (χ3v) is 3.18. The van der Waals surface area contributed by atoms with Gasteiger partial charge in [0.25, 0.3) is 5.91 Å². The first kappa shape index (κ1) is 13.1. The predicted molar refractivity (Wildman–Crippen MR) is 78.7 cm³/mol. The summed E-state index contributed by atoms with van der Waals surface area (Å²) in [6.07, 6.45) is 4.62. The van der Waals surface area contributed by atoms with Crippen molar-refractivity contribution in [3.05, 3.63) is 90.1 Å². The highest BCUT2D eigenvalue weighted by atomic mass is 16.3. The van der Waals surface area contributed by atoms with Crippen LogP contribution in [0.5, 0.6) is 0 Å². The molecule has 3 aromatic rings. The molecule has 21 heavy (non-hydrogen) atoms. The summed E-state index contributed by atoms with van der Waals surface area (Å²) < 4.78 is 4.95. The first-order valence-corrected chi connectivity index (χ1v) is 6.63. The van der Waals surface area contributed by atoms with E-state index in [2.05, 4.69) is 10.3 Å². The van der Waals surface area contributed by atoms with Crippen LogP contribution >= 0.6 is 0 Å². The van der Waals surface area contributed by atoms with Crippen molar-refractivity contribution in [2.45, 2.75) is 6.04 Å². The van der Waals surface area contributed by atoms with Gasteiger partial charge in [0.1, 0.15) is 6.26 Å². The SMILES string of the molecule is O=C(N[C@@H](c1ccccc1)c1ccccn1)c1ccoc1. The average molecular weight is 278 g/mol. The zero-order valence-electron chi connectivity index (χ0n) is 11.3. The van der Waals surface area contributed by atoms with E-state index in [0.29, 0.717) is 5.56 Å². The van der Waals surface area contributed by atoms with Gasteiger partial charge in [0.05, 0.1) is 23.6 Å². The van der Waals surface area contributed by atoms with E-state index in [-0.39, 0.29) is 11.9 Å². The smallest absolute Gasteiger partial charge is 0.255 e. The summed E-state index contributed by atoms with van der Waals surface area (Å²) in [5, 5.41) is 2.99. The molecule has 2 heterocycles. The van der Waals surface area contributed by atoms with Crippen molar-refractivity contribution in [2.24, 2.45) is 0 Å². The summed E-state index contributed by atoms with van der Waals surface area (Å²) >= 11 is 0. The van der Waals surface area contributed by atoms with Gasteiger partial charge in [0.15, 0.2) is 0 Å². The molecular weight excluding hydrogens is 264 g/mol. The molecule has 1 amide bonds. The summed E-state index contributed by atoms with van der Waals surface area (Å²) in [6.45, 7) is 0. The molecule has 4 nitrogen and oxygen atoms in total. The maximum Gasteiger partial charge on any atom is 0.255 e. The number of carbonyl (C=O) groups excluding carboxylic acids is 1. The molecule has 2 aromatic heterocycles. The van der Waals surface area contributed by atoms with Crippen LogP contribution in [0.15, 0.2) is 77.7 Å². The highest BCUT2D eigenvalue weighted by Crippen LogP contribution is 2.20. The quantitative estimate of drug-likeness (QED) is 0.797. The van der Waals surface area contributed by atoms with Gasteiger partial charge in [-0.15, -0.1) is 0 Å². The molecular formula is C17H14N2O2. The molecule has 1 N–H and O–H groups in total. The number of furan rings is 1. The fraction of sp³-hybridized carbons (Fsp3) is 0.0588. The maximum atomic E-state index is 12.3. The van der Waals surface area contributed by atoms with Gasteiger partial charge in [-0.05, 0) is 23.8 Å². The fourth-order valence-corrected chi connectivity index (χ4v) is 2.13. The van der Waals surface area contributed by atoms with Crippen LogP contribution in [0.2, 0.25) is 0 Å². The average Bonchev–Trinajstić information content (AvgIpc) is 3.09. The molecule has 0 saturated carbocycles. The Kier molecular flexibility index (Phi) is 3.78. The van der Waals surface area contributed by atoms with Crippen LogP contribution in [0.1, 0.15) is 27.7 Å². The summed E-state index contributed by atoms with van der Waals surface area (Å²) in [7, 11) is 0. The van der Waals surface area contributed by atoms with Gasteiger partial charge in [0, 0.05) is 6.20 Å². The van der Waals surface area contributed by atoms with Crippen LogP contribution in [-0.4, -0.2) is 10.9 Å². The van der Waals surface area contributed by atoms with Crippen molar-refractivity contribution in [1.82, 2.24) is 10.3 Å². The lowest BCUT2D eigenvalue weighted by Gasteiger charge is -2.18. The molecule has 0 spiro atoms. The second kappa shape index (κ2) is 6.05. The molecule has 0 unspecified atom stereocenters. The first-order chi connectivity index (χ1) is 10.3. The van der Waals surface area contributed by atoms with Gasteiger partial charge in [-0.2, -0.15) is 0 Å². The van der Waals surface area contributed by atoms with E-state index < -0.39 is 0 Å². The Balaban J connectivity index is 1.92. The highest BCUT2D eigenvalue weighted by molar-refractivity contribution is 5.94. The highest BCUT2D eigenvalue weighted by Gasteiger charge is 2.19. The van der Waals surface area contributed by atoms with Gasteiger partial charge in [-0.25, -0.2) is 0 Å². The molecule has 1 atom stereocenters. The van der Waals surface area contributed by atoms with Gasteiger partial charge < -0.3 is 9.73 Å². The lowest BCUT2D eigenvalue weighted by Crippen LogP contribution is -2.29. The summed E-state index contributed by atoms with van der Waals surface area (Å²) in [4.78, 5) is 16.6. The zero-order valence-corrected chi connectivity index (χ0v) is 11.3. The van der Waals surface area contributed by atoms with Crippen molar-refractivity contribution in [1.29, 1.82) is 0 Å². The molecule has 4 heteroatoms. The second-order valence-electron chi connectivity index (χ2n) is 4.58. The molecule has 0 bridgehead atoms. The lowest BCUT2D eigenvalue weighted by molar-refractivity contribution is 0.0941. The number of nitrogens with zero attached hydrogens (tertiary/aromatic N) is 1. The number of amides is 1. The molecule has 0 aliphatic carbocycles. The minimum atomic E-state index is -0.296. The molecule has 0 aliphatic heterocycles. The minimum absolute atomic E-state index is 0.191. The Hall–Kier alpha value is -2.88. The number of benzene rings is 1. The molecule has 0 saturated heterocycles. The third kappa shape index (κ3) is 3.00. The van der Waals surface area contributed by atoms with E-state index in [0.717, 1.165) is 11.3 Å². The third-order valence-electron chi connectivity index (χ3n) is 3.18. The number of aromatic nitrogens is 1. The molecule has 0 aliphatic rings.